The molecule has 0 aromatic heterocycles. The largest absolute Gasteiger partial charge is 0.274 e. The minimum atomic E-state index is -0.350. The van der Waals surface area contributed by atoms with Crippen molar-refractivity contribution < 1.29 is 4.92 Å². The van der Waals surface area contributed by atoms with Gasteiger partial charge >= 0.3 is 0 Å². The van der Waals surface area contributed by atoms with Gasteiger partial charge in [0.2, 0.25) is 0 Å². The number of alkyl halides is 1. The molecule has 0 spiro atoms. The smallest absolute Gasteiger partial charge is 0.258 e. The molecular weight excluding hydrogens is 309 g/mol. The highest BCUT2D eigenvalue weighted by molar-refractivity contribution is 6.30. The lowest BCUT2D eigenvalue weighted by Crippen LogP contribution is -2.27. The van der Waals surface area contributed by atoms with Crippen LogP contribution >= 0.6 is 23.2 Å². The molecule has 1 aromatic rings. The molecule has 2 rings (SSSR count). The molecule has 0 radical (unpaired) electrons. The second kappa shape index (κ2) is 7.46. The van der Waals surface area contributed by atoms with E-state index in [2.05, 4.69) is 6.92 Å². The van der Waals surface area contributed by atoms with E-state index in [4.69, 9.17) is 23.2 Å². The normalized spacial score (nSPS) is 25.8. The molecule has 0 N–H and O–H groups in total. The lowest BCUT2D eigenvalue weighted by molar-refractivity contribution is -0.385. The van der Waals surface area contributed by atoms with E-state index in [9.17, 15) is 10.1 Å². The molecule has 0 amide bonds. The minimum Gasteiger partial charge on any atom is -0.258 e. The maximum absolute atomic E-state index is 11.2. The van der Waals surface area contributed by atoms with Crippen LogP contribution in [0.25, 0.3) is 0 Å². The molecule has 3 atom stereocenters. The van der Waals surface area contributed by atoms with Gasteiger partial charge in [-0.1, -0.05) is 37.4 Å². The zero-order chi connectivity index (χ0) is 15.4. The number of hydrogen-bond acceptors (Lipinski definition) is 2. The van der Waals surface area contributed by atoms with Crippen LogP contribution in [0.2, 0.25) is 5.02 Å². The van der Waals surface area contributed by atoms with Crippen LogP contribution in [0.3, 0.4) is 0 Å². The van der Waals surface area contributed by atoms with Crippen molar-refractivity contribution in [2.45, 2.75) is 50.8 Å². The lowest BCUT2D eigenvalue weighted by atomic mass is 9.76. The fourth-order valence-corrected chi connectivity index (χ4v) is 3.85. The zero-order valence-electron chi connectivity index (χ0n) is 12.2. The predicted molar refractivity (Wildman–Crippen MR) is 87.2 cm³/mol. The van der Waals surface area contributed by atoms with Crippen molar-refractivity contribution in [2.24, 2.45) is 11.8 Å². The highest BCUT2D eigenvalue weighted by atomic mass is 35.5. The molecule has 1 fully saturated rings. The second-order valence-electron chi connectivity index (χ2n) is 5.98. The third-order valence-electron chi connectivity index (χ3n) is 4.42. The summed E-state index contributed by atoms with van der Waals surface area (Å²) < 4.78 is 0. The van der Waals surface area contributed by atoms with Gasteiger partial charge in [0.25, 0.3) is 5.69 Å². The van der Waals surface area contributed by atoms with Crippen molar-refractivity contribution in [3.05, 3.63) is 38.9 Å². The Labute approximate surface area is 135 Å². The molecule has 1 saturated carbocycles. The average molecular weight is 330 g/mol. The Hall–Kier alpha value is -0.800. The van der Waals surface area contributed by atoms with Crippen molar-refractivity contribution in [1.82, 2.24) is 0 Å². The van der Waals surface area contributed by atoms with E-state index < -0.39 is 0 Å². The van der Waals surface area contributed by atoms with Gasteiger partial charge in [-0.05, 0) is 43.6 Å². The van der Waals surface area contributed by atoms with E-state index in [0.717, 1.165) is 18.4 Å². The summed E-state index contributed by atoms with van der Waals surface area (Å²) in [6.45, 7) is 2.20. The predicted octanol–water partition coefficient (Wildman–Crippen LogP) is 5.61. The summed E-state index contributed by atoms with van der Waals surface area (Å²) in [6, 6.07) is 4.93. The Kier molecular flexibility index (Phi) is 5.88. The monoisotopic (exact) mass is 329 g/mol. The van der Waals surface area contributed by atoms with Gasteiger partial charge in [-0.3, -0.25) is 10.1 Å². The number of nitrogens with zero attached hydrogens (tertiary/aromatic N) is 1. The zero-order valence-corrected chi connectivity index (χ0v) is 13.7. The number of halogens is 2. The van der Waals surface area contributed by atoms with E-state index in [-0.39, 0.29) is 16.0 Å². The first-order chi connectivity index (χ1) is 10.0. The first-order valence-corrected chi connectivity index (χ1v) is 8.39. The number of hydrogen-bond donors (Lipinski definition) is 0. The topological polar surface area (TPSA) is 43.1 Å². The van der Waals surface area contributed by atoms with Gasteiger partial charge in [-0.2, -0.15) is 0 Å². The standard InChI is InChI=1S/C16H21Cl2NO2/c1-2-3-11-4-7-15(18)13(8-11)9-12-5-6-14(17)10-16(12)19(20)21/h5-6,10-11,13,15H,2-4,7-9H2,1H3. The second-order valence-corrected chi connectivity index (χ2v) is 6.98. The van der Waals surface area contributed by atoms with Crippen LogP contribution in [0.5, 0.6) is 0 Å². The van der Waals surface area contributed by atoms with E-state index in [0.29, 0.717) is 23.3 Å². The van der Waals surface area contributed by atoms with Gasteiger partial charge in [-0.25, -0.2) is 0 Å². The van der Waals surface area contributed by atoms with E-state index in [1.165, 1.54) is 25.3 Å². The molecule has 1 aliphatic rings. The van der Waals surface area contributed by atoms with Crippen molar-refractivity contribution >= 4 is 28.9 Å². The molecule has 5 heteroatoms. The van der Waals surface area contributed by atoms with Crippen LogP contribution < -0.4 is 0 Å². The van der Waals surface area contributed by atoms with Crippen LogP contribution in [0.4, 0.5) is 5.69 Å². The number of rotatable bonds is 5. The molecule has 1 aliphatic carbocycles. The number of nitro groups is 1. The number of nitro benzene ring substituents is 1. The molecule has 1 aromatic carbocycles. The van der Waals surface area contributed by atoms with Gasteiger partial charge in [0.05, 0.1) is 4.92 Å². The molecular formula is C16H21Cl2NO2. The average Bonchev–Trinajstić information content (AvgIpc) is 2.44. The van der Waals surface area contributed by atoms with Gasteiger partial charge in [0, 0.05) is 22.0 Å². The summed E-state index contributed by atoms with van der Waals surface area (Å²) >= 11 is 12.3. The van der Waals surface area contributed by atoms with E-state index in [1.807, 2.05) is 0 Å². The Morgan fingerprint density at radius 3 is 2.81 bits per heavy atom. The van der Waals surface area contributed by atoms with Gasteiger partial charge in [-0.15, -0.1) is 11.6 Å². The van der Waals surface area contributed by atoms with E-state index >= 15 is 0 Å². The Balaban J connectivity index is 2.14. The van der Waals surface area contributed by atoms with Gasteiger partial charge in [0.1, 0.15) is 0 Å². The Morgan fingerprint density at radius 2 is 2.14 bits per heavy atom. The van der Waals surface area contributed by atoms with Gasteiger partial charge in [0.15, 0.2) is 0 Å². The molecule has 3 nitrogen and oxygen atoms in total. The molecule has 21 heavy (non-hydrogen) atoms. The number of benzene rings is 1. The third kappa shape index (κ3) is 4.33. The van der Waals surface area contributed by atoms with E-state index in [1.54, 1.807) is 12.1 Å². The fraction of sp³-hybridized carbons (Fsp3) is 0.625. The first-order valence-electron chi connectivity index (χ1n) is 7.58. The summed E-state index contributed by atoms with van der Waals surface area (Å²) in [7, 11) is 0. The summed E-state index contributed by atoms with van der Waals surface area (Å²) in [5, 5.41) is 11.7. The third-order valence-corrected chi connectivity index (χ3v) is 5.23. The summed E-state index contributed by atoms with van der Waals surface area (Å²) in [6.07, 6.45) is 6.34. The van der Waals surface area contributed by atoms with Gasteiger partial charge < -0.3 is 0 Å². The fourth-order valence-electron chi connectivity index (χ4n) is 3.37. The van der Waals surface area contributed by atoms with Crippen LogP contribution in [-0.4, -0.2) is 10.3 Å². The molecule has 0 bridgehead atoms. The first kappa shape index (κ1) is 16.6. The lowest BCUT2D eigenvalue weighted by Gasteiger charge is -2.33. The van der Waals surface area contributed by atoms with Crippen LogP contribution in [-0.2, 0) is 6.42 Å². The summed E-state index contributed by atoms with van der Waals surface area (Å²) in [4.78, 5) is 10.8. The highest BCUT2D eigenvalue weighted by Gasteiger charge is 2.30. The van der Waals surface area contributed by atoms with Crippen LogP contribution in [0.1, 0.15) is 44.6 Å². The quantitative estimate of drug-likeness (QED) is 0.400. The van der Waals surface area contributed by atoms with Crippen molar-refractivity contribution in [3.8, 4) is 0 Å². The molecule has 0 aliphatic heterocycles. The Morgan fingerprint density at radius 1 is 1.38 bits per heavy atom. The van der Waals surface area contributed by atoms with Crippen molar-refractivity contribution in [3.63, 3.8) is 0 Å². The molecule has 0 heterocycles. The molecule has 3 unspecified atom stereocenters. The maximum Gasteiger partial charge on any atom is 0.274 e. The SMILES string of the molecule is CCCC1CCC(Cl)C(Cc2ccc(Cl)cc2[N+](=O)[O-])C1. The minimum absolute atomic E-state index is 0.115. The van der Waals surface area contributed by atoms with Crippen LogP contribution in [0, 0.1) is 22.0 Å². The van der Waals surface area contributed by atoms with Crippen LogP contribution in [0.15, 0.2) is 18.2 Å². The molecule has 0 saturated heterocycles. The molecule has 116 valence electrons. The maximum atomic E-state index is 11.2. The summed E-state index contributed by atoms with van der Waals surface area (Å²) in [5.74, 6) is 1.03. The summed E-state index contributed by atoms with van der Waals surface area (Å²) in [5.41, 5.74) is 0.862. The van der Waals surface area contributed by atoms with Crippen molar-refractivity contribution in [1.29, 1.82) is 0 Å². The highest BCUT2D eigenvalue weighted by Crippen LogP contribution is 2.38. The van der Waals surface area contributed by atoms with Crippen molar-refractivity contribution in [2.75, 3.05) is 0 Å². The Bertz CT molecular complexity index is 507.